The number of aromatic nitrogens is 2. The van der Waals surface area contributed by atoms with Gasteiger partial charge < -0.3 is 15.2 Å². The monoisotopic (exact) mass is 431 g/mol. The highest BCUT2D eigenvalue weighted by molar-refractivity contribution is 5.94. The molecule has 0 aliphatic carbocycles. The molecule has 1 saturated heterocycles. The first kappa shape index (κ1) is 21.7. The van der Waals surface area contributed by atoms with Crippen molar-refractivity contribution in [3.8, 4) is 0 Å². The molecular weight excluding hydrogens is 402 g/mol. The number of likely N-dealkylation sites (tertiary alicyclic amines) is 1. The number of aryl methyl sites for hydroxylation is 1. The third kappa shape index (κ3) is 3.90. The Hall–Kier alpha value is -3.48. The highest BCUT2D eigenvalue weighted by Crippen LogP contribution is 2.29. The van der Waals surface area contributed by atoms with E-state index in [0.717, 1.165) is 42.6 Å². The number of nitrogen functional groups attached to an aromatic ring is 1. The highest BCUT2D eigenvalue weighted by atomic mass is 16.2. The molecule has 3 aromatic rings. The van der Waals surface area contributed by atoms with Crippen molar-refractivity contribution >= 4 is 22.8 Å². The van der Waals surface area contributed by atoms with Crippen molar-refractivity contribution < 1.29 is 4.79 Å². The van der Waals surface area contributed by atoms with Crippen LogP contribution in [0.3, 0.4) is 0 Å². The summed E-state index contributed by atoms with van der Waals surface area (Å²) in [5.74, 6) is 0.139. The fraction of sp³-hybridized carbons (Fsp3) is 0.360. The van der Waals surface area contributed by atoms with E-state index in [-0.39, 0.29) is 17.3 Å². The standard InChI is InChI=1S/C25H29N5O2/c1-25(2,24(32)30-12-4-5-13-30)18-10-11-21-19(15-18)28-20(23(31)29(21)3)14-16-6-8-17(9-7-16)22(26)27/h6-11,15H,4-5,12-14H2,1-3H3,(H3,26,27). The Morgan fingerprint density at radius 2 is 1.78 bits per heavy atom. The van der Waals surface area contributed by atoms with Crippen LogP contribution in [-0.4, -0.2) is 39.3 Å². The molecule has 0 atom stereocenters. The predicted octanol–water partition coefficient (Wildman–Crippen LogP) is 2.71. The van der Waals surface area contributed by atoms with E-state index in [1.54, 1.807) is 23.7 Å². The van der Waals surface area contributed by atoms with Gasteiger partial charge in [0.1, 0.15) is 11.5 Å². The van der Waals surface area contributed by atoms with Crippen molar-refractivity contribution in [2.24, 2.45) is 12.8 Å². The maximum Gasteiger partial charge on any atom is 0.272 e. The van der Waals surface area contributed by atoms with Crippen LogP contribution in [0, 0.1) is 5.41 Å². The number of rotatable bonds is 5. The Labute approximate surface area is 187 Å². The lowest BCUT2D eigenvalue weighted by atomic mass is 9.83. The van der Waals surface area contributed by atoms with Crippen LogP contribution < -0.4 is 11.3 Å². The highest BCUT2D eigenvalue weighted by Gasteiger charge is 2.35. The van der Waals surface area contributed by atoms with Crippen LogP contribution >= 0.6 is 0 Å². The number of nitrogens with one attached hydrogen (secondary N) is 1. The summed E-state index contributed by atoms with van der Waals surface area (Å²) in [7, 11) is 1.74. The molecule has 1 aliphatic heterocycles. The minimum absolute atomic E-state index is 0.00918. The number of nitrogens with zero attached hydrogens (tertiary/aromatic N) is 3. The van der Waals surface area contributed by atoms with Gasteiger partial charge >= 0.3 is 0 Å². The summed E-state index contributed by atoms with van der Waals surface area (Å²) in [5.41, 5.74) is 9.03. The molecule has 1 aliphatic rings. The molecule has 3 N–H and O–H groups in total. The Morgan fingerprint density at radius 1 is 1.12 bits per heavy atom. The number of benzene rings is 2. The van der Waals surface area contributed by atoms with Crippen molar-refractivity contribution in [1.29, 1.82) is 5.41 Å². The molecule has 1 aromatic heterocycles. The summed E-state index contributed by atoms with van der Waals surface area (Å²) in [5, 5.41) is 7.52. The van der Waals surface area contributed by atoms with Crippen LogP contribution in [0.25, 0.3) is 11.0 Å². The van der Waals surface area contributed by atoms with Gasteiger partial charge in [0.25, 0.3) is 5.56 Å². The fourth-order valence-corrected chi connectivity index (χ4v) is 4.33. The largest absolute Gasteiger partial charge is 0.384 e. The molecule has 32 heavy (non-hydrogen) atoms. The summed E-state index contributed by atoms with van der Waals surface area (Å²) < 4.78 is 1.61. The number of amidine groups is 1. The molecule has 0 unspecified atom stereocenters. The molecule has 166 valence electrons. The topological polar surface area (TPSA) is 105 Å². The normalized spacial score (nSPS) is 14.2. The number of hydrogen-bond donors (Lipinski definition) is 2. The first-order valence-corrected chi connectivity index (χ1v) is 10.9. The molecule has 7 heteroatoms. The Morgan fingerprint density at radius 3 is 2.41 bits per heavy atom. The van der Waals surface area contributed by atoms with E-state index in [9.17, 15) is 9.59 Å². The molecule has 0 radical (unpaired) electrons. The average molecular weight is 432 g/mol. The van der Waals surface area contributed by atoms with Crippen LogP contribution in [0.2, 0.25) is 0 Å². The molecular formula is C25H29N5O2. The van der Waals surface area contributed by atoms with E-state index in [1.165, 1.54) is 0 Å². The zero-order valence-corrected chi connectivity index (χ0v) is 18.8. The smallest absolute Gasteiger partial charge is 0.272 e. The fourth-order valence-electron chi connectivity index (χ4n) is 4.33. The van der Waals surface area contributed by atoms with Gasteiger partial charge in [-0.25, -0.2) is 4.98 Å². The summed E-state index contributed by atoms with van der Waals surface area (Å²) in [6.07, 6.45) is 2.49. The van der Waals surface area contributed by atoms with Gasteiger partial charge in [-0.3, -0.25) is 15.0 Å². The third-order valence-corrected chi connectivity index (χ3v) is 6.43. The average Bonchev–Trinajstić information content (AvgIpc) is 3.31. The van der Waals surface area contributed by atoms with Gasteiger partial charge in [0.15, 0.2) is 0 Å². The van der Waals surface area contributed by atoms with Crippen molar-refractivity contribution in [1.82, 2.24) is 14.5 Å². The van der Waals surface area contributed by atoms with E-state index in [2.05, 4.69) is 0 Å². The Kier molecular flexibility index (Phi) is 5.59. The predicted molar refractivity (Wildman–Crippen MR) is 126 cm³/mol. The first-order chi connectivity index (χ1) is 15.2. The van der Waals surface area contributed by atoms with Crippen molar-refractivity contribution in [3.05, 3.63) is 75.2 Å². The molecule has 7 nitrogen and oxygen atoms in total. The van der Waals surface area contributed by atoms with E-state index < -0.39 is 5.41 Å². The number of amides is 1. The van der Waals surface area contributed by atoms with Crippen LogP contribution in [-0.2, 0) is 23.7 Å². The molecule has 0 saturated carbocycles. The van der Waals surface area contributed by atoms with Crippen molar-refractivity contribution in [2.75, 3.05) is 13.1 Å². The number of carbonyl (C=O) groups excluding carboxylic acids is 1. The van der Waals surface area contributed by atoms with Gasteiger partial charge in [-0.1, -0.05) is 30.3 Å². The summed E-state index contributed by atoms with van der Waals surface area (Å²) >= 11 is 0. The third-order valence-electron chi connectivity index (χ3n) is 6.43. The maximum absolute atomic E-state index is 13.1. The zero-order chi connectivity index (χ0) is 23.0. The van der Waals surface area contributed by atoms with E-state index in [0.29, 0.717) is 23.2 Å². The number of hydrogen-bond acceptors (Lipinski definition) is 4. The molecule has 1 fully saturated rings. The number of fused-ring (bicyclic) bond motifs is 1. The van der Waals surface area contributed by atoms with Crippen LogP contribution in [0.1, 0.15) is 49.1 Å². The lowest BCUT2D eigenvalue weighted by Crippen LogP contribution is -2.42. The molecule has 1 amide bonds. The Bertz CT molecular complexity index is 1250. The van der Waals surface area contributed by atoms with E-state index in [4.69, 9.17) is 16.1 Å². The SMILES string of the molecule is Cn1c(=O)c(Cc2ccc(C(=N)N)cc2)nc2cc(C(C)(C)C(=O)N3CCCC3)ccc21. The summed E-state index contributed by atoms with van der Waals surface area (Å²) in [6, 6.07) is 13.0. The van der Waals surface area contributed by atoms with Crippen LogP contribution in [0.15, 0.2) is 47.3 Å². The molecule has 0 bridgehead atoms. The van der Waals surface area contributed by atoms with Gasteiger partial charge in [0.05, 0.1) is 16.4 Å². The van der Waals surface area contributed by atoms with E-state index in [1.807, 2.05) is 49.1 Å². The number of carbonyl (C=O) groups is 1. The number of nitrogens with two attached hydrogens (primary N) is 1. The maximum atomic E-state index is 13.1. The second-order valence-electron chi connectivity index (χ2n) is 9.04. The van der Waals surface area contributed by atoms with Gasteiger partial charge in [-0.2, -0.15) is 0 Å². The van der Waals surface area contributed by atoms with Gasteiger partial charge in [0, 0.05) is 32.1 Å². The first-order valence-electron chi connectivity index (χ1n) is 10.9. The van der Waals surface area contributed by atoms with Crippen LogP contribution in [0.5, 0.6) is 0 Å². The second kappa shape index (κ2) is 8.22. The van der Waals surface area contributed by atoms with Crippen LogP contribution in [0.4, 0.5) is 0 Å². The molecule has 0 spiro atoms. The zero-order valence-electron chi connectivity index (χ0n) is 18.8. The molecule has 4 rings (SSSR count). The van der Waals surface area contributed by atoms with Crippen molar-refractivity contribution in [3.63, 3.8) is 0 Å². The minimum Gasteiger partial charge on any atom is -0.384 e. The molecule has 2 aromatic carbocycles. The minimum atomic E-state index is -0.669. The Balaban J connectivity index is 1.71. The lowest BCUT2D eigenvalue weighted by molar-refractivity contribution is -0.135. The van der Waals surface area contributed by atoms with Gasteiger partial charge in [0.2, 0.25) is 5.91 Å². The lowest BCUT2D eigenvalue weighted by Gasteiger charge is -2.29. The summed E-state index contributed by atoms with van der Waals surface area (Å²) in [4.78, 5) is 32.7. The second-order valence-corrected chi connectivity index (χ2v) is 9.04. The van der Waals surface area contributed by atoms with E-state index >= 15 is 0 Å². The molecule has 2 heterocycles. The summed E-state index contributed by atoms with van der Waals surface area (Å²) in [6.45, 7) is 5.53. The van der Waals surface area contributed by atoms with Gasteiger partial charge in [-0.05, 0) is 49.9 Å². The van der Waals surface area contributed by atoms with Gasteiger partial charge in [-0.15, -0.1) is 0 Å². The van der Waals surface area contributed by atoms with Crippen molar-refractivity contribution in [2.45, 2.75) is 38.5 Å². The quantitative estimate of drug-likeness (QED) is 0.479.